The molecule has 2 N–H and O–H groups in total. The highest BCUT2D eigenvalue weighted by Gasteiger charge is 2.38. The Morgan fingerprint density at radius 3 is 2.18 bits per heavy atom. The second-order valence-corrected chi connectivity index (χ2v) is 9.91. The molecular formula is C24H36N2O6S. The van der Waals surface area contributed by atoms with Crippen LogP contribution < -0.4 is 10.6 Å². The summed E-state index contributed by atoms with van der Waals surface area (Å²) in [6.45, 7) is 11.9. The Hall–Kier alpha value is -2.39. The van der Waals surface area contributed by atoms with Crippen LogP contribution in [0.25, 0.3) is 0 Å². The molecule has 0 spiro atoms. The van der Waals surface area contributed by atoms with Gasteiger partial charge in [0.05, 0.1) is 24.6 Å². The second kappa shape index (κ2) is 13.3. The molecule has 8 nitrogen and oxygen atoms in total. The second-order valence-electron chi connectivity index (χ2n) is 8.59. The molecule has 1 rings (SSSR count). The summed E-state index contributed by atoms with van der Waals surface area (Å²) in [7, 11) is 0. The molecule has 3 atom stereocenters. The predicted molar refractivity (Wildman–Crippen MR) is 128 cm³/mol. The lowest BCUT2D eigenvalue weighted by molar-refractivity contribution is -0.153. The molecule has 1 aromatic rings. The summed E-state index contributed by atoms with van der Waals surface area (Å²) in [6.07, 6.45) is -0.684. The molecular weight excluding hydrogens is 444 g/mol. The standard InChI is InChI=1S/C24H36N2O6S/c1-8-31-22(29)19(16(4)32-14-18-12-10-9-11-13-18)25-23(30)24(6,7)26-21(28)20(15(2)3)33-17(5)27/h9-13,15-16,19-20H,8,14H2,1-7H3,(H,25,30)(H,26,28)/t16?,19-,20-/m0/s1. The SMILES string of the molecule is CCOC(=O)[C@@H](NC(=O)C(C)(C)NC(=O)[C@@H](SC(C)=O)C(C)C)C(C)OCc1ccccc1. The smallest absolute Gasteiger partial charge is 0.331 e. The van der Waals surface area contributed by atoms with E-state index in [0.29, 0.717) is 0 Å². The molecule has 0 radical (unpaired) electrons. The van der Waals surface area contributed by atoms with Gasteiger partial charge in [0.1, 0.15) is 5.54 Å². The van der Waals surface area contributed by atoms with Crippen molar-refractivity contribution in [3.05, 3.63) is 35.9 Å². The van der Waals surface area contributed by atoms with Crippen LogP contribution in [0.4, 0.5) is 0 Å². The third-order valence-electron chi connectivity index (χ3n) is 4.81. The Balaban J connectivity index is 2.91. The van der Waals surface area contributed by atoms with Crippen LogP contribution in [0.1, 0.15) is 54.0 Å². The van der Waals surface area contributed by atoms with E-state index in [1.807, 2.05) is 44.2 Å². The fraction of sp³-hybridized carbons (Fsp3) is 0.583. The van der Waals surface area contributed by atoms with Crippen LogP contribution in [0.2, 0.25) is 0 Å². The van der Waals surface area contributed by atoms with Crippen LogP contribution in [0.15, 0.2) is 30.3 Å². The largest absolute Gasteiger partial charge is 0.464 e. The molecule has 0 saturated heterocycles. The summed E-state index contributed by atoms with van der Waals surface area (Å²) >= 11 is 0.926. The first-order valence-corrected chi connectivity index (χ1v) is 11.9. The van der Waals surface area contributed by atoms with Crippen molar-refractivity contribution in [3.8, 4) is 0 Å². The van der Waals surface area contributed by atoms with Gasteiger partial charge in [0, 0.05) is 6.92 Å². The van der Waals surface area contributed by atoms with Crippen molar-refractivity contribution in [2.24, 2.45) is 5.92 Å². The summed E-state index contributed by atoms with van der Waals surface area (Å²) in [5, 5.41) is 4.55. The molecule has 0 aliphatic rings. The van der Waals surface area contributed by atoms with Crippen LogP contribution >= 0.6 is 11.8 Å². The number of hydrogen-bond acceptors (Lipinski definition) is 7. The first-order valence-electron chi connectivity index (χ1n) is 11.0. The van der Waals surface area contributed by atoms with Crippen molar-refractivity contribution in [2.75, 3.05) is 6.61 Å². The van der Waals surface area contributed by atoms with E-state index in [-0.39, 0.29) is 24.2 Å². The van der Waals surface area contributed by atoms with Gasteiger partial charge in [-0.3, -0.25) is 14.4 Å². The fourth-order valence-corrected chi connectivity index (χ4v) is 3.72. The molecule has 9 heteroatoms. The molecule has 0 bridgehead atoms. The number of hydrogen-bond donors (Lipinski definition) is 2. The number of ether oxygens (including phenoxy) is 2. The van der Waals surface area contributed by atoms with Gasteiger partial charge in [-0.15, -0.1) is 0 Å². The van der Waals surface area contributed by atoms with E-state index in [1.54, 1.807) is 13.8 Å². The van der Waals surface area contributed by atoms with Gasteiger partial charge >= 0.3 is 5.97 Å². The van der Waals surface area contributed by atoms with Crippen LogP contribution in [0, 0.1) is 5.92 Å². The van der Waals surface area contributed by atoms with Crippen molar-refractivity contribution in [1.82, 2.24) is 10.6 Å². The van der Waals surface area contributed by atoms with Crippen LogP contribution in [0.3, 0.4) is 0 Å². The van der Waals surface area contributed by atoms with Gasteiger partial charge in [-0.25, -0.2) is 4.79 Å². The van der Waals surface area contributed by atoms with E-state index in [2.05, 4.69) is 10.6 Å². The van der Waals surface area contributed by atoms with E-state index in [0.717, 1.165) is 17.3 Å². The number of carbonyl (C=O) groups excluding carboxylic acids is 4. The summed E-state index contributed by atoms with van der Waals surface area (Å²) in [6, 6.07) is 8.39. The van der Waals surface area contributed by atoms with Gasteiger partial charge in [-0.2, -0.15) is 0 Å². The minimum absolute atomic E-state index is 0.114. The van der Waals surface area contributed by atoms with E-state index in [1.165, 1.54) is 20.8 Å². The van der Waals surface area contributed by atoms with E-state index >= 15 is 0 Å². The molecule has 0 fully saturated rings. The lowest BCUT2D eigenvalue weighted by atomic mass is 10.0. The van der Waals surface area contributed by atoms with Crippen molar-refractivity contribution < 1.29 is 28.7 Å². The molecule has 33 heavy (non-hydrogen) atoms. The van der Waals surface area contributed by atoms with Gasteiger partial charge in [-0.1, -0.05) is 55.9 Å². The average Bonchev–Trinajstić information content (AvgIpc) is 2.74. The number of nitrogens with one attached hydrogen (secondary N) is 2. The molecule has 1 aromatic carbocycles. The average molecular weight is 481 g/mol. The maximum atomic E-state index is 13.0. The molecule has 0 aliphatic carbocycles. The predicted octanol–water partition coefficient (Wildman–Crippen LogP) is 2.84. The summed E-state index contributed by atoms with van der Waals surface area (Å²) in [5.41, 5.74) is -0.417. The van der Waals surface area contributed by atoms with Gasteiger partial charge < -0.3 is 20.1 Å². The molecule has 0 aliphatic heterocycles. The Bertz CT molecular complexity index is 812. The van der Waals surface area contributed by atoms with Crippen molar-refractivity contribution in [1.29, 1.82) is 0 Å². The van der Waals surface area contributed by atoms with Gasteiger partial charge in [-0.05, 0) is 39.2 Å². The topological polar surface area (TPSA) is 111 Å². The Morgan fingerprint density at radius 1 is 1.06 bits per heavy atom. The zero-order chi connectivity index (χ0) is 25.2. The number of rotatable bonds is 12. The van der Waals surface area contributed by atoms with Gasteiger partial charge in [0.25, 0.3) is 0 Å². The maximum Gasteiger partial charge on any atom is 0.331 e. The number of thioether (sulfide) groups is 1. The van der Waals surface area contributed by atoms with Crippen molar-refractivity contribution in [2.45, 2.75) is 78.0 Å². The quantitative estimate of drug-likeness (QED) is 0.443. The lowest BCUT2D eigenvalue weighted by Crippen LogP contribution is -2.61. The number of amides is 2. The van der Waals surface area contributed by atoms with E-state index in [4.69, 9.17) is 9.47 Å². The van der Waals surface area contributed by atoms with Crippen LogP contribution in [0.5, 0.6) is 0 Å². The van der Waals surface area contributed by atoms with Crippen LogP contribution in [-0.4, -0.2) is 52.4 Å². The van der Waals surface area contributed by atoms with Crippen molar-refractivity contribution in [3.63, 3.8) is 0 Å². The van der Waals surface area contributed by atoms with Gasteiger partial charge in [0.2, 0.25) is 11.8 Å². The minimum Gasteiger partial charge on any atom is -0.464 e. The molecule has 2 amide bonds. The summed E-state index contributed by atoms with van der Waals surface area (Å²) in [4.78, 5) is 49.9. The maximum absolute atomic E-state index is 13.0. The molecule has 1 unspecified atom stereocenters. The third kappa shape index (κ3) is 9.55. The highest BCUT2D eigenvalue weighted by molar-refractivity contribution is 8.14. The zero-order valence-electron chi connectivity index (χ0n) is 20.5. The highest BCUT2D eigenvalue weighted by atomic mass is 32.2. The normalized spacial score (nSPS) is 14.2. The molecule has 0 saturated carbocycles. The first-order chi connectivity index (χ1) is 15.4. The Kier molecular flexibility index (Phi) is 11.6. The minimum atomic E-state index is -1.34. The van der Waals surface area contributed by atoms with E-state index < -0.39 is 40.7 Å². The van der Waals surface area contributed by atoms with Crippen LogP contribution in [-0.2, 0) is 35.3 Å². The Labute approximate surface area is 200 Å². The first kappa shape index (κ1) is 28.6. The lowest BCUT2D eigenvalue weighted by Gasteiger charge is -2.31. The third-order valence-corrected chi connectivity index (χ3v) is 6.16. The zero-order valence-corrected chi connectivity index (χ0v) is 21.3. The number of esters is 1. The summed E-state index contributed by atoms with van der Waals surface area (Å²) in [5.74, 6) is -1.73. The van der Waals surface area contributed by atoms with E-state index in [9.17, 15) is 19.2 Å². The number of carbonyl (C=O) groups is 4. The monoisotopic (exact) mass is 480 g/mol. The molecule has 0 aromatic heterocycles. The van der Waals surface area contributed by atoms with Gasteiger partial charge in [0.15, 0.2) is 11.2 Å². The Morgan fingerprint density at radius 2 is 1.67 bits per heavy atom. The summed E-state index contributed by atoms with van der Waals surface area (Å²) < 4.78 is 10.9. The molecule has 184 valence electrons. The highest BCUT2D eigenvalue weighted by Crippen LogP contribution is 2.21. The van der Waals surface area contributed by atoms with Crippen molar-refractivity contribution >= 4 is 34.7 Å². The number of benzene rings is 1. The molecule has 0 heterocycles. The fourth-order valence-electron chi connectivity index (χ4n) is 2.93.